The monoisotopic (exact) mass is 319 g/mol. The van der Waals surface area contributed by atoms with E-state index in [0.29, 0.717) is 6.42 Å². The fraction of sp³-hybridized carbons (Fsp3) is 0.650. The summed E-state index contributed by atoms with van der Waals surface area (Å²) < 4.78 is 0. The lowest BCUT2D eigenvalue weighted by atomic mass is 9.98. The predicted octanol–water partition coefficient (Wildman–Crippen LogP) is 5.59. The average molecular weight is 319 g/mol. The Balaban J connectivity index is 2.07. The van der Waals surface area contributed by atoms with Crippen molar-refractivity contribution >= 4 is 5.78 Å². The number of nitrogens with one attached hydrogen (secondary N) is 1. The Morgan fingerprint density at radius 3 is 1.96 bits per heavy atom. The van der Waals surface area contributed by atoms with Crippen LogP contribution in [0.25, 0.3) is 0 Å². The first kappa shape index (κ1) is 19.9. The van der Waals surface area contributed by atoms with Gasteiger partial charge in [0.05, 0.1) is 0 Å². The minimum atomic E-state index is -0.588. The minimum Gasteiger partial charge on any atom is -0.316 e. The number of carbonyl (C=O) groups is 1. The maximum Gasteiger partial charge on any atom is 0.156 e. The quantitative estimate of drug-likeness (QED) is 0.347. The normalized spacial score (nSPS) is 12.3. The fourth-order valence-electron chi connectivity index (χ4n) is 2.91. The van der Waals surface area contributed by atoms with Gasteiger partial charge in [-0.3, -0.25) is 4.79 Å². The third-order valence-corrected chi connectivity index (χ3v) is 4.36. The van der Waals surface area contributed by atoms with Gasteiger partial charge in [0.25, 0.3) is 0 Å². The number of unbranched alkanes of at least 4 members (excludes halogenated alkanes) is 9. The van der Waals surface area contributed by atoms with Gasteiger partial charge in [0.15, 0.2) is 5.78 Å². The zero-order valence-corrected chi connectivity index (χ0v) is 14.6. The van der Waals surface area contributed by atoms with Crippen molar-refractivity contribution in [1.29, 1.82) is 0 Å². The first-order valence-corrected chi connectivity index (χ1v) is 9.27. The van der Waals surface area contributed by atoms with Crippen LogP contribution in [0.3, 0.4) is 0 Å². The van der Waals surface area contributed by atoms with E-state index in [1.807, 2.05) is 30.3 Å². The molecule has 0 spiro atoms. The maximum absolute atomic E-state index is 12.2. The summed E-state index contributed by atoms with van der Waals surface area (Å²) >= 11 is 0. The standard InChI is InChI=1S/C20H33NO2/c1-2-3-4-5-6-7-8-9-10-14-17-19(22)20(21-23)18-15-12-11-13-16-18/h11-13,15-16,20-21,23H,2-10,14,17H2,1H3. The largest absolute Gasteiger partial charge is 0.316 e. The van der Waals surface area contributed by atoms with Gasteiger partial charge in [-0.25, -0.2) is 0 Å². The van der Waals surface area contributed by atoms with Crippen LogP contribution < -0.4 is 5.48 Å². The van der Waals surface area contributed by atoms with Crippen molar-refractivity contribution in [2.75, 3.05) is 0 Å². The van der Waals surface area contributed by atoms with E-state index in [1.165, 1.54) is 51.4 Å². The van der Waals surface area contributed by atoms with Crippen molar-refractivity contribution in [3.05, 3.63) is 35.9 Å². The van der Waals surface area contributed by atoms with Gasteiger partial charge in [0.2, 0.25) is 0 Å². The summed E-state index contributed by atoms with van der Waals surface area (Å²) in [4.78, 5) is 12.2. The molecule has 130 valence electrons. The van der Waals surface area contributed by atoms with Gasteiger partial charge in [-0.1, -0.05) is 95.0 Å². The SMILES string of the molecule is CCCCCCCCCCCCC(=O)C(NO)c1ccccc1. The van der Waals surface area contributed by atoms with Gasteiger partial charge in [-0.05, 0) is 12.0 Å². The van der Waals surface area contributed by atoms with Gasteiger partial charge in [0, 0.05) is 6.42 Å². The van der Waals surface area contributed by atoms with Crippen LogP contribution in [0.5, 0.6) is 0 Å². The molecule has 0 amide bonds. The summed E-state index contributed by atoms with van der Waals surface area (Å²) in [5, 5.41) is 9.24. The zero-order valence-electron chi connectivity index (χ0n) is 14.6. The van der Waals surface area contributed by atoms with Crippen LogP contribution in [0.2, 0.25) is 0 Å². The highest BCUT2D eigenvalue weighted by atomic mass is 16.5. The molecule has 0 fully saturated rings. The second-order valence-electron chi connectivity index (χ2n) is 6.37. The molecule has 23 heavy (non-hydrogen) atoms. The lowest BCUT2D eigenvalue weighted by Crippen LogP contribution is -2.25. The molecular weight excluding hydrogens is 286 g/mol. The summed E-state index contributed by atoms with van der Waals surface area (Å²) in [6.45, 7) is 2.25. The van der Waals surface area contributed by atoms with Crippen molar-refractivity contribution in [3.8, 4) is 0 Å². The van der Waals surface area contributed by atoms with E-state index in [-0.39, 0.29) is 5.78 Å². The number of ketones is 1. The average Bonchev–Trinajstić information content (AvgIpc) is 2.58. The summed E-state index contributed by atoms with van der Waals surface area (Å²) in [7, 11) is 0. The Hall–Kier alpha value is -1.19. The van der Waals surface area contributed by atoms with E-state index in [2.05, 4.69) is 12.4 Å². The topological polar surface area (TPSA) is 49.3 Å². The Morgan fingerprint density at radius 1 is 0.913 bits per heavy atom. The highest BCUT2D eigenvalue weighted by Gasteiger charge is 2.18. The second-order valence-corrected chi connectivity index (χ2v) is 6.37. The molecular formula is C20H33NO2. The lowest BCUT2D eigenvalue weighted by Gasteiger charge is -2.14. The highest BCUT2D eigenvalue weighted by molar-refractivity contribution is 5.85. The Labute approximate surface area is 141 Å². The molecule has 3 heteroatoms. The number of hydrogen-bond donors (Lipinski definition) is 2. The summed E-state index contributed by atoms with van der Waals surface area (Å²) in [5.74, 6) is 0.0678. The van der Waals surface area contributed by atoms with Gasteiger partial charge < -0.3 is 5.21 Å². The van der Waals surface area contributed by atoms with Gasteiger partial charge in [-0.15, -0.1) is 0 Å². The molecule has 2 N–H and O–H groups in total. The highest BCUT2D eigenvalue weighted by Crippen LogP contribution is 2.17. The molecule has 1 rings (SSSR count). The van der Waals surface area contributed by atoms with Crippen molar-refractivity contribution < 1.29 is 10.0 Å². The molecule has 0 aromatic heterocycles. The molecule has 0 bridgehead atoms. The van der Waals surface area contributed by atoms with Crippen molar-refractivity contribution in [3.63, 3.8) is 0 Å². The number of rotatable bonds is 14. The Bertz CT molecular complexity index is 405. The van der Waals surface area contributed by atoms with Gasteiger partial charge in [-0.2, -0.15) is 5.48 Å². The number of benzene rings is 1. The number of Topliss-reactive ketones (excluding diaryl/α,β-unsaturated/α-hetero) is 1. The minimum absolute atomic E-state index is 0.0678. The summed E-state index contributed by atoms with van der Waals surface area (Å²) in [6.07, 6.45) is 13.1. The molecule has 1 aromatic carbocycles. The van der Waals surface area contributed by atoms with Gasteiger partial charge in [0.1, 0.15) is 6.04 Å². The molecule has 1 unspecified atom stereocenters. The van der Waals surface area contributed by atoms with E-state index in [0.717, 1.165) is 18.4 Å². The molecule has 0 saturated heterocycles. The van der Waals surface area contributed by atoms with E-state index >= 15 is 0 Å². The third kappa shape index (κ3) is 8.87. The van der Waals surface area contributed by atoms with Crippen LogP contribution >= 0.6 is 0 Å². The number of hydroxylamine groups is 1. The molecule has 0 aliphatic carbocycles. The number of hydrogen-bond acceptors (Lipinski definition) is 3. The Morgan fingerprint density at radius 2 is 1.43 bits per heavy atom. The molecule has 3 nitrogen and oxygen atoms in total. The van der Waals surface area contributed by atoms with Crippen LogP contribution in [0.15, 0.2) is 30.3 Å². The predicted molar refractivity (Wildman–Crippen MR) is 95.6 cm³/mol. The lowest BCUT2D eigenvalue weighted by molar-refractivity contribution is -0.123. The van der Waals surface area contributed by atoms with E-state index in [4.69, 9.17) is 0 Å². The number of carbonyl (C=O) groups excluding carboxylic acids is 1. The van der Waals surface area contributed by atoms with Crippen LogP contribution in [0.1, 0.15) is 89.2 Å². The fourth-order valence-corrected chi connectivity index (χ4v) is 2.91. The van der Waals surface area contributed by atoms with Crippen LogP contribution in [0.4, 0.5) is 0 Å². The molecule has 0 saturated carbocycles. The maximum atomic E-state index is 12.2. The first-order valence-electron chi connectivity index (χ1n) is 9.27. The van der Waals surface area contributed by atoms with Crippen molar-refractivity contribution in [1.82, 2.24) is 5.48 Å². The molecule has 1 aromatic rings. The van der Waals surface area contributed by atoms with E-state index < -0.39 is 6.04 Å². The third-order valence-electron chi connectivity index (χ3n) is 4.36. The van der Waals surface area contributed by atoms with Crippen LogP contribution in [-0.2, 0) is 4.79 Å². The van der Waals surface area contributed by atoms with Crippen LogP contribution in [-0.4, -0.2) is 11.0 Å². The molecule has 0 aliphatic rings. The zero-order chi connectivity index (χ0) is 16.8. The smallest absolute Gasteiger partial charge is 0.156 e. The van der Waals surface area contributed by atoms with Crippen LogP contribution in [0, 0.1) is 0 Å². The summed E-state index contributed by atoms with van der Waals surface area (Å²) in [5.41, 5.74) is 2.98. The van der Waals surface area contributed by atoms with Gasteiger partial charge >= 0.3 is 0 Å². The molecule has 0 aliphatic heterocycles. The Kier molecular flexibility index (Phi) is 11.5. The van der Waals surface area contributed by atoms with E-state index in [9.17, 15) is 10.0 Å². The molecule has 1 atom stereocenters. The second kappa shape index (κ2) is 13.3. The summed E-state index contributed by atoms with van der Waals surface area (Å²) in [6, 6.07) is 8.81. The molecule has 0 radical (unpaired) electrons. The van der Waals surface area contributed by atoms with Crippen molar-refractivity contribution in [2.24, 2.45) is 0 Å². The molecule has 0 heterocycles. The van der Waals surface area contributed by atoms with Crippen molar-refractivity contribution in [2.45, 2.75) is 83.6 Å². The first-order chi connectivity index (χ1) is 11.3. The van der Waals surface area contributed by atoms with E-state index in [1.54, 1.807) is 0 Å².